The van der Waals surface area contributed by atoms with Crippen molar-refractivity contribution >= 4 is 33.3 Å². The first kappa shape index (κ1) is 15.8. The molecule has 0 amide bonds. The summed E-state index contributed by atoms with van der Waals surface area (Å²) in [6, 6.07) is 12.7. The number of benzene rings is 2. The molecule has 118 valence electrons. The lowest BCUT2D eigenvalue weighted by molar-refractivity contribution is 1.40. The third kappa shape index (κ3) is 2.77. The second-order valence-electron chi connectivity index (χ2n) is 5.76. The zero-order valence-electron chi connectivity index (χ0n) is 14.0. The Hall–Kier alpha value is -3.06. The largest absolute Gasteiger partial charge is 0.354 e. The van der Waals surface area contributed by atoms with E-state index in [9.17, 15) is 0 Å². The third-order valence-electron chi connectivity index (χ3n) is 4.14. The van der Waals surface area contributed by atoms with E-state index in [1.807, 2.05) is 25.2 Å². The molecule has 0 bridgehead atoms. The maximum atomic E-state index is 4.12. The fourth-order valence-electron chi connectivity index (χ4n) is 2.97. The monoisotopic (exact) mass is 311 g/mol. The Morgan fingerprint density at radius 3 is 2.58 bits per heavy atom. The molecule has 1 aromatic heterocycles. The molecule has 1 nitrogen and oxygen atoms in total. The van der Waals surface area contributed by atoms with E-state index in [1.54, 1.807) is 6.08 Å². The summed E-state index contributed by atoms with van der Waals surface area (Å²) in [5.74, 6) is 0. The number of H-pyrrole nitrogens is 1. The molecule has 1 N–H and O–H groups in total. The van der Waals surface area contributed by atoms with Crippen LogP contribution in [-0.4, -0.2) is 4.98 Å². The van der Waals surface area contributed by atoms with Crippen LogP contribution in [0.4, 0.5) is 0 Å². The second-order valence-corrected chi connectivity index (χ2v) is 5.76. The van der Waals surface area contributed by atoms with Crippen LogP contribution < -0.4 is 0 Å². The van der Waals surface area contributed by atoms with Crippen molar-refractivity contribution in [1.82, 2.24) is 4.98 Å². The predicted molar refractivity (Wildman–Crippen MR) is 108 cm³/mol. The molecular weight excluding hydrogens is 290 g/mol. The molecule has 0 aliphatic carbocycles. The van der Waals surface area contributed by atoms with Crippen molar-refractivity contribution in [3.63, 3.8) is 0 Å². The van der Waals surface area contributed by atoms with Gasteiger partial charge in [-0.25, -0.2) is 0 Å². The van der Waals surface area contributed by atoms with Gasteiger partial charge in [-0.05, 0) is 34.9 Å². The van der Waals surface area contributed by atoms with E-state index in [4.69, 9.17) is 0 Å². The van der Waals surface area contributed by atoms with E-state index in [1.165, 1.54) is 16.2 Å². The van der Waals surface area contributed by atoms with E-state index in [0.29, 0.717) is 0 Å². The lowest BCUT2D eigenvalue weighted by Gasteiger charge is -2.03. The van der Waals surface area contributed by atoms with Crippen LogP contribution in [0.2, 0.25) is 0 Å². The number of fused-ring (bicyclic) bond motifs is 3. The summed E-state index contributed by atoms with van der Waals surface area (Å²) in [4.78, 5) is 3.49. The Kier molecular flexibility index (Phi) is 4.35. The van der Waals surface area contributed by atoms with Gasteiger partial charge in [-0.3, -0.25) is 0 Å². The smallest absolute Gasteiger partial charge is 0.0532 e. The minimum absolute atomic E-state index is 0.881. The van der Waals surface area contributed by atoms with Gasteiger partial charge >= 0.3 is 0 Å². The van der Waals surface area contributed by atoms with Gasteiger partial charge in [0, 0.05) is 16.5 Å². The summed E-state index contributed by atoms with van der Waals surface area (Å²) >= 11 is 0. The maximum Gasteiger partial charge on any atom is 0.0532 e. The van der Waals surface area contributed by atoms with Gasteiger partial charge in [0.1, 0.15) is 0 Å². The first-order valence-electron chi connectivity index (χ1n) is 8.00. The number of aromatic amines is 1. The highest BCUT2D eigenvalue weighted by Gasteiger charge is 2.13. The Labute approximate surface area is 143 Å². The summed E-state index contributed by atoms with van der Waals surface area (Å²) in [6.07, 6.45) is 9.90. The van der Waals surface area contributed by atoms with Crippen LogP contribution in [0.5, 0.6) is 0 Å². The van der Waals surface area contributed by atoms with E-state index in [-0.39, 0.29) is 0 Å². The molecule has 1 heterocycles. The van der Waals surface area contributed by atoms with Crippen LogP contribution >= 0.6 is 0 Å². The Balaban J connectivity index is 2.33. The number of allylic oxidation sites excluding steroid dienone is 6. The van der Waals surface area contributed by atoms with Crippen LogP contribution in [0.3, 0.4) is 0 Å². The van der Waals surface area contributed by atoms with Crippen molar-refractivity contribution in [2.24, 2.45) is 0 Å². The van der Waals surface area contributed by atoms with Crippen molar-refractivity contribution in [1.29, 1.82) is 0 Å². The number of rotatable bonds is 5. The fourth-order valence-corrected chi connectivity index (χ4v) is 2.97. The normalized spacial score (nSPS) is 11.7. The van der Waals surface area contributed by atoms with Crippen LogP contribution in [0.15, 0.2) is 86.0 Å². The molecule has 0 fully saturated rings. The molecule has 0 atom stereocenters. The fraction of sp³-hybridized carbons (Fsp3) is 0.0435. The Bertz CT molecular complexity index is 1010. The highest BCUT2D eigenvalue weighted by molar-refractivity contribution is 6.12. The standard InChI is InChI=1S/C23H21N/c1-5-9-16(3)12-14-20-22-19-11-8-7-10-18(19)13-15-21(22)24-23(20)17(4)6-2/h5-15,24H,2-4H2,1H3/b9-5-,14-12-. The molecule has 3 aromatic rings. The molecule has 0 saturated heterocycles. The molecule has 0 unspecified atom stereocenters. The van der Waals surface area contributed by atoms with Crippen molar-refractivity contribution in [2.75, 3.05) is 0 Å². The molecule has 24 heavy (non-hydrogen) atoms. The highest BCUT2D eigenvalue weighted by atomic mass is 14.7. The van der Waals surface area contributed by atoms with Crippen molar-refractivity contribution < 1.29 is 0 Å². The minimum Gasteiger partial charge on any atom is -0.354 e. The van der Waals surface area contributed by atoms with Gasteiger partial charge in [0.05, 0.1) is 5.69 Å². The van der Waals surface area contributed by atoms with Gasteiger partial charge in [0.25, 0.3) is 0 Å². The average molecular weight is 311 g/mol. The minimum atomic E-state index is 0.881. The van der Waals surface area contributed by atoms with Crippen LogP contribution in [0, 0.1) is 0 Å². The first-order valence-corrected chi connectivity index (χ1v) is 8.00. The van der Waals surface area contributed by atoms with Gasteiger partial charge in [-0.1, -0.05) is 80.4 Å². The van der Waals surface area contributed by atoms with E-state index >= 15 is 0 Å². The molecule has 0 spiro atoms. The van der Waals surface area contributed by atoms with Gasteiger partial charge < -0.3 is 4.98 Å². The lowest BCUT2D eigenvalue weighted by Crippen LogP contribution is -1.83. The van der Waals surface area contributed by atoms with E-state index in [2.05, 4.69) is 67.2 Å². The molecule has 3 rings (SSSR count). The quantitative estimate of drug-likeness (QED) is 0.507. The van der Waals surface area contributed by atoms with E-state index < -0.39 is 0 Å². The average Bonchev–Trinajstić information content (AvgIpc) is 2.98. The van der Waals surface area contributed by atoms with Gasteiger partial charge in [0.2, 0.25) is 0 Å². The van der Waals surface area contributed by atoms with Gasteiger partial charge in [0.15, 0.2) is 0 Å². The Morgan fingerprint density at radius 2 is 1.83 bits per heavy atom. The molecular formula is C23H21N. The van der Waals surface area contributed by atoms with Gasteiger partial charge in [-0.2, -0.15) is 0 Å². The molecule has 0 aliphatic rings. The van der Waals surface area contributed by atoms with Gasteiger partial charge in [-0.15, -0.1) is 0 Å². The number of nitrogens with one attached hydrogen (secondary N) is 1. The molecule has 0 aliphatic heterocycles. The van der Waals surface area contributed by atoms with Crippen molar-refractivity contribution in [3.05, 3.63) is 97.3 Å². The SMILES string of the molecule is C=CC(=C)c1[nH]c2ccc3ccccc3c2c1/C=C\C(=C)/C=C\C. The summed E-state index contributed by atoms with van der Waals surface area (Å²) in [5.41, 5.74) is 5.06. The topological polar surface area (TPSA) is 15.8 Å². The first-order chi connectivity index (χ1) is 11.7. The van der Waals surface area contributed by atoms with Crippen molar-refractivity contribution in [2.45, 2.75) is 6.92 Å². The molecule has 1 heteroatoms. The van der Waals surface area contributed by atoms with Crippen molar-refractivity contribution in [3.8, 4) is 0 Å². The lowest BCUT2D eigenvalue weighted by atomic mass is 10.00. The summed E-state index contributed by atoms with van der Waals surface area (Å²) in [7, 11) is 0. The molecule has 0 radical (unpaired) electrons. The molecule has 0 saturated carbocycles. The van der Waals surface area contributed by atoms with Crippen LogP contribution in [-0.2, 0) is 0 Å². The summed E-state index contributed by atoms with van der Waals surface area (Å²) in [5, 5.41) is 3.66. The zero-order valence-corrected chi connectivity index (χ0v) is 14.0. The maximum absolute atomic E-state index is 4.12. The summed E-state index contributed by atoms with van der Waals surface area (Å²) in [6.45, 7) is 14.0. The number of aromatic nitrogens is 1. The Morgan fingerprint density at radius 1 is 1.04 bits per heavy atom. The van der Waals surface area contributed by atoms with Crippen LogP contribution in [0.1, 0.15) is 18.2 Å². The van der Waals surface area contributed by atoms with E-state index in [0.717, 1.165) is 27.9 Å². The van der Waals surface area contributed by atoms with Crippen LogP contribution in [0.25, 0.3) is 33.3 Å². The highest BCUT2D eigenvalue weighted by Crippen LogP contribution is 2.34. The second kappa shape index (κ2) is 6.59. The third-order valence-corrected chi connectivity index (χ3v) is 4.14. The molecule has 2 aromatic carbocycles. The zero-order chi connectivity index (χ0) is 17.1. The predicted octanol–water partition coefficient (Wildman–Crippen LogP) is 6.67. The number of hydrogen-bond donors (Lipinski definition) is 1. The number of hydrogen-bond acceptors (Lipinski definition) is 0. The summed E-state index contributed by atoms with van der Waals surface area (Å²) < 4.78 is 0.